The summed E-state index contributed by atoms with van der Waals surface area (Å²) < 4.78 is 0. The standard InChI is InChI=1S/C6H11N3S/c7-3-1-6(10)5-2-4-8-9-5/h2,4,6,10H,1,3,7H2,(H,8,9). The highest BCUT2D eigenvalue weighted by Crippen LogP contribution is 2.19. The van der Waals surface area contributed by atoms with E-state index in [1.807, 2.05) is 6.07 Å². The highest BCUT2D eigenvalue weighted by Gasteiger charge is 2.04. The molecule has 3 nitrogen and oxygen atoms in total. The molecule has 0 aliphatic carbocycles. The molecule has 0 bridgehead atoms. The van der Waals surface area contributed by atoms with Crippen LogP contribution in [-0.4, -0.2) is 16.7 Å². The number of H-pyrrole nitrogens is 1. The van der Waals surface area contributed by atoms with Gasteiger partial charge >= 0.3 is 0 Å². The minimum absolute atomic E-state index is 0.201. The molecule has 0 saturated carbocycles. The molecule has 1 heterocycles. The minimum atomic E-state index is 0.201. The van der Waals surface area contributed by atoms with Gasteiger partial charge in [0.25, 0.3) is 0 Å². The first-order valence-electron chi connectivity index (χ1n) is 3.22. The number of hydrogen-bond donors (Lipinski definition) is 3. The Kier molecular flexibility index (Phi) is 2.77. The number of nitrogens with zero attached hydrogens (tertiary/aromatic N) is 1. The van der Waals surface area contributed by atoms with Crippen LogP contribution in [0.1, 0.15) is 17.4 Å². The topological polar surface area (TPSA) is 54.7 Å². The van der Waals surface area contributed by atoms with Crippen LogP contribution in [0.2, 0.25) is 0 Å². The van der Waals surface area contributed by atoms with Crippen molar-refractivity contribution in [3.63, 3.8) is 0 Å². The molecule has 1 rings (SSSR count). The van der Waals surface area contributed by atoms with E-state index >= 15 is 0 Å². The van der Waals surface area contributed by atoms with E-state index in [2.05, 4.69) is 22.8 Å². The molecule has 0 fully saturated rings. The van der Waals surface area contributed by atoms with Gasteiger partial charge < -0.3 is 5.73 Å². The Morgan fingerprint density at radius 1 is 1.80 bits per heavy atom. The van der Waals surface area contributed by atoms with Gasteiger partial charge in [-0.15, -0.1) is 0 Å². The molecule has 0 saturated heterocycles. The summed E-state index contributed by atoms with van der Waals surface area (Å²) in [6.07, 6.45) is 2.60. The third-order valence-corrected chi connectivity index (χ3v) is 1.86. The van der Waals surface area contributed by atoms with Crippen LogP contribution in [0.3, 0.4) is 0 Å². The number of thiol groups is 1. The molecule has 56 valence electrons. The van der Waals surface area contributed by atoms with Gasteiger partial charge in [-0.05, 0) is 19.0 Å². The summed E-state index contributed by atoms with van der Waals surface area (Å²) in [4.78, 5) is 0. The van der Waals surface area contributed by atoms with E-state index in [1.165, 1.54) is 0 Å². The maximum Gasteiger partial charge on any atom is 0.0490 e. The Labute approximate surface area is 65.4 Å². The Bertz CT molecular complexity index is 173. The molecule has 1 aromatic heterocycles. The Morgan fingerprint density at radius 3 is 3.10 bits per heavy atom. The predicted molar refractivity (Wildman–Crippen MR) is 44.0 cm³/mol. The van der Waals surface area contributed by atoms with Gasteiger partial charge in [0.15, 0.2) is 0 Å². The van der Waals surface area contributed by atoms with Gasteiger partial charge in [0.05, 0.1) is 0 Å². The van der Waals surface area contributed by atoms with Gasteiger partial charge in [0, 0.05) is 17.1 Å². The number of rotatable bonds is 3. The van der Waals surface area contributed by atoms with Gasteiger partial charge in [-0.3, -0.25) is 5.10 Å². The van der Waals surface area contributed by atoms with Gasteiger partial charge in [0.2, 0.25) is 0 Å². The molecule has 0 aliphatic rings. The largest absolute Gasteiger partial charge is 0.330 e. The van der Waals surface area contributed by atoms with Crippen LogP contribution >= 0.6 is 12.6 Å². The second-order valence-corrected chi connectivity index (χ2v) is 2.73. The molecule has 10 heavy (non-hydrogen) atoms. The minimum Gasteiger partial charge on any atom is -0.330 e. The number of nitrogens with one attached hydrogen (secondary N) is 1. The average molecular weight is 157 g/mol. The first-order chi connectivity index (χ1) is 4.84. The SMILES string of the molecule is NCCC(S)c1ccn[nH]1. The molecule has 4 heteroatoms. The molecular weight excluding hydrogens is 146 g/mol. The van der Waals surface area contributed by atoms with Crippen molar-refractivity contribution < 1.29 is 0 Å². The van der Waals surface area contributed by atoms with Crippen LogP contribution in [0, 0.1) is 0 Å². The second-order valence-electron chi connectivity index (χ2n) is 2.11. The van der Waals surface area contributed by atoms with E-state index in [-0.39, 0.29) is 5.25 Å². The first-order valence-corrected chi connectivity index (χ1v) is 3.73. The van der Waals surface area contributed by atoms with E-state index in [4.69, 9.17) is 5.73 Å². The summed E-state index contributed by atoms with van der Waals surface area (Å²) in [6.45, 7) is 0.660. The number of aromatic nitrogens is 2. The number of hydrogen-bond acceptors (Lipinski definition) is 3. The fourth-order valence-electron chi connectivity index (χ4n) is 0.766. The predicted octanol–water partition coefficient (Wildman–Crippen LogP) is 0.729. The summed E-state index contributed by atoms with van der Waals surface area (Å²) >= 11 is 4.31. The molecule has 0 amide bonds. The van der Waals surface area contributed by atoms with Crippen LogP contribution in [-0.2, 0) is 0 Å². The van der Waals surface area contributed by atoms with Crippen molar-refractivity contribution in [3.8, 4) is 0 Å². The quantitative estimate of drug-likeness (QED) is 0.566. The van der Waals surface area contributed by atoms with E-state index in [1.54, 1.807) is 6.20 Å². The molecule has 1 unspecified atom stereocenters. The van der Waals surface area contributed by atoms with Crippen molar-refractivity contribution in [1.82, 2.24) is 10.2 Å². The zero-order chi connectivity index (χ0) is 7.40. The lowest BCUT2D eigenvalue weighted by Crippen LogP contribution is -2.03. The summed E-state index contributed by atoms with van der Waals surface area (Å²) in [5, 5.41) is 6.85. The summed E-state index contributed by atoms with van der Waals surface area (Å²) in [7, 11) is 0. The van der Waals surface area contributed by atoms with Crippen molar-refractivity contribution in [2.75, 3.05) is 6.54 Å². The van der Waals surface area contributed by atoms with Crippen LogP contribution < -0.4 is 5.73 Å². The van der Waals surface area contributed by atoms with Crippen molar-refractivity contribution in [2.45, 2.75) is 11.7 Å². The summed E-state index contributed by atoms with van der Waals surface area (Å²) in [5.41, 5.74) is 6.39. The lowest BCUT2D eigenvalue weighted by atomic mass is 10.2. The van der Waals surface area contributed by atoms with Crippen molar-refractivity contribution in [1.29, 1.82) is 0 Å². The Balaban J connectivity index is 2.50. The zero-order valence-corrected chi connectivity index (χ0v) is 6.51. The monoisotopic (exact) mass is 157 g/mol. The van der Waals surface area contributed by atoms with Crippen LogP contribution in [0.5, 0.6) is 0 Å². The third-order valence-electron chi connectivity index (χ3n) is 1.32. The van der Waals surface area contributed by atoms with Crippen molar-refractivity contribution in [3.05, 3.63) is 18.0 Å². The van der Waals surface area contributed by atoms with Gasteiger partial charge in [-0.1, -0.05) is 0 Å². The number of nitrogens with two attached hydrogens (primary N) is 1. The van der Waals surface area contributed by atoms with Gasteiger partial charge in [-0.2, -0.15) is 17.7 Å². The maximum atomic E-state index is 5.35. The zero-order valence-electron chi connectivity index (χ0n) is 5.62. The summed E-state index contributed by atoms with van der Waals surface area (Å²) in [6, 6.07) is 1.91. The van der Waals surface area contributed by atoms with Gasteiger partial charge in [0.1, 0.15) is 0 Å². The molecule has 0 aromatic carbocycles. The average Bonchev–Trinajstić information content (AvgIpc) is 2.38. The van der Waals surface area contributed by atoms with Crippen LogP contribution in [0.15, 0.2) is 12.3 Å². The van der Waals surface area contributed by atoms with E-state index in [9.17, 15) is 0 Å². The third kappa shape index (κ3) is 1.75. The smallest absolute Gasteiger partial charge is 0.0490 e. The first kappa shape index (κ1) is 7.63. The molecule has 3 N–H and O–H groups in total. The van der Waals surface area contributed by atoms with Crippen LogP contribution in [0.25, 0.3) is 0 Å². The normalized spacial score (nSPS) is 13.4. The summed E-state index contributed by atoms with van der Waals surface area (Å²) in [5.74, 6) is 0. The highest BCUT2D eigenvalue weighted by atomic mass is 32.1. The molecule has 0 radical (unpaired) electrons. The molecule has 1 atom stereocenters. The highest BCUT2D eigenvalue weighted by molar-refractivity contribution is 7.80. The molecule has 0 aliphatic heterocycles. The maximum absolute atomic E-state index is 5.35. The van der Waals surface area contributed by atoms with E-state index < -0.39 is 0 Å². The fourth-order valence-corrected chi connectivity index (χ4v) is 1.06. The lowest BCUT2D eigenvalue weighted by Gasteiger charge is -2.04. The second kappa shape index (κ2) is 3.63. The van der Waals surface area contributed by atoms with Crippen LogP contribution in [0.4, 0.5) is 0 Å². The fraction of sp³-hybridized carbons (Fsp3) is 0.500. The van der Waals surface area contributed by atoms with Crippen molar-refractivity contribution >= 4 is 12.6 Å². The Morgan fingerprint density at radius 2 is 2.60 bits per heavy atom. The molecular formula is C6H11N3S. The Hall–Kier alpha value is -0.480. The number of aromatic amines is 1. The molecule has 1 aromatic rings. The van der Waals surface area contributed by atoms with Crippen molar-refractivity contribution in [2.24, 2.45) is 5.73 Å². The van der Waals surface area contributed by atoms with E-state index in [0.717, 1.165) is 12.1 Å². The molecule has 0 spiro atoms. The van der Waals surface area contributed by atoms with E-state index in [0.29, 0.717) is 6.54 Å². The van der Waals surface area contributed by atoms with Gasteiger partial charge in [-0.25, -0.2) is 0 Å². The lowest BCUT2D eigenvalue weighted by molar-refractivity contribution is 0.790.